The van der Waals surface area contributed by atoms with Gasteiger partial charge >= 0.3 is 0 Å². The number of nitrogens with one attached hydrogen (secondary N) is 1. The molecule has 0 heterocycles. The largest absolute Gasteiger partial charge is 0.396 e. The molecule has 20 heavy (non-hydrogen) atoms. The first-order valence-corrected chi connectivity index (χ1v) is 8.23. The van der Waals surface area contributed by atoms with Crippen LogP contribution in [0.15, 0.2) is 23.1 Å². The van der Waals surface area contributed by atoms with E-state index >= 15 is 0 Å². The Bertz CT molecular complexity index is 554. The summed E-state index contributed by atoms with van der Waals surface area (Å²) in [5, 5.41) is 3.34. The molecule has 0 radical (unpaired) electrons. The minimum Gasteiger partial charge on any atom is -0.396 e. The highest BCUT2D eigenvalue weighted by Gasteiger charge is 2.22. The van der Waals surface area contributed by atoms with Crippen molar-refractivity contribution in [2.45, 2.75) is 38.1 Å². The highest BCUT2D eigenvalue weighted by molar-refractivity contribution is 7.89. The summed E-state index contributed by atoms with van der Waals surface area (Å²) in [6.07, 6.45) is 0.946. The number of anilines is 2. The predicted octanol–water partition coefficient (Wildman–Crippen LogP) is 2.37. The molecule has 5 nitrogen and oxygen atoms in total. The summed E-state index contributed by atoms with van der Waals surface area (Å²) >= 11 is 0. The summed E-state index contributed by atoms with van der Waals surface area (Å²) in [5.41, 5.74) is 6.99. The summed E-state index contributed by atoms with van der Waals surface area (Å²) < 4.78 is 25.6. The van der Waals surface area contributed by atoms with Crippen molar-refractivity contribution >= 4 is 21.4 Å². The number of nitrogen functional groups attached to an aromatic ring is 1. The molecule has 0 amide bonds. The monoisotopic (exact) mass is 299 g/mol. The van der Waals surface area contributed by atoms with Crippen LogP contribution in [0.25, 0.3) is 0 Å². The molecule has 0 fully saturated rings. The van der Waals surface area contributed by atoms with Crippen LogP contribution in [0.4, 0.5) is 11.4 Å². The van der Waals surface area contributed by atoms with Gasteiger partial charge in [0, 0.05) is 20.1 Å². The van der Waals surface area contributed by atoms with Crippen LogP contribution < -0.4 is 11.1 Å². The third-order valence-corrected chi connectivity index (χ3v) is 5.28. The lowest BCUT2D eigenvalue weighted by Crippen LogP contribution is -2.26. The summed E-state index contributed by atoms with van der Waals surface area (Å²) in [7, 11) is -0.529. The molecule has 0 aromatic heterocycles. The molecule has 3 N–H and O–H groups in total. The van der Waals surface area contributed by atoms with Crippen molar-refractivity contribution in [2.24, 2.45) is 5.92 Å². The van der Waals surface area contributed by atoms with Crippen LogP contribution in [-0.4, -0.2) is 32.9 Å². The van der Waals surface area contributed by atoms with Crippen molar-refractivity contribution in [2.75, 3.05) is 25.1 Å². The van der Waals surface area contributed by atoms with Gasteiger partial charge in [0.15, 0.2) is 0 Å². The highest BCUT2D eigenvalue weighted by atomic mass is 32.2. The predicted molar refractivity (Wildman–Crippen MR) is 84.3 cm³/mol. The SMILES string of the molecule is CCC(Nc1cccc(S(=O)(=O)N(C)C)c1N)C(C)C. The first-order chi connectivity index (χ1) is 9.21. The van der Waals surface area contributed by atoms with Crippen LogP contribution in [0.1, 0.15) is 27.2 Å². The Labute approximate surface area is 122 Å². The molecule has 1 aromatic rings. The molecule has 0 spiro atoms. The minimum absolute atomic E-state index is 0.145. The second-order valence-electron chi connectivity index (χ2n) is 5.41. The molecule has 0 aliphatic carbocycles. The van der Waals surface area contributed by atoms with E-state index in [1.807, 2.05) is 6.07 Å². The maximum atomic E-state index is 12.2. The first kappa shape index (κ1) is 16.8. The Balaban J connectivity index is 3.21. The van der Waals surface area contributed by atoms with Gasteiger partial charge in [-0.3, -0.25) is 0 Å². The van der Waals surface area contributed by atoms with Gasteiger partial charge in [-0.25, -0.2) is 12.7 Å². The number of nitrogens with zero attached hydrogens (tertiary/aromatic N) is 1. The fourth-order valence-electron chi connectivity index (χ4n) is 2.03. The number of nitrogens with two attached hydrogens (primary N) is 1. The van der Waals surface area contributed by atoms with Crippen molar-refractivity contribution in [3.8, 4) is 0 Å². The van der Waals surface area contributed by atoms with E-state index in [0.29, 0.717) is 11.6 Å². The normalized spacial score (nSPS) is 13.8. The molecular formula is C14H25N3O2S. The summed E-state index contributed by atoms with van der Waals surface area (Å²) in [6.45, 7) is 6.34. The fourth-order valence-corrected chi connectivity index (χ4v) is 3.06. The van der Waals surface area contributed by atoms with Crippen molar-refractivity contribution in [3.63, 3.8) is 0 Å². The van der Waals surface area contributed by atoms with Gasteiger partial charge < -0.3 is 11.1 Å². The van der Waals surface area contributed by atoms with Crippen LogP contribution in [0, 0.1) is 5.92 Å². The van der Waals surface area contributed by atoms with Crippen molar-refractivity contribution < 1.29 is 8.42 Å². The second kappa shape index (κ2) is 6.45. The van der Waals surface area contributed by atoms with Crippen LogP contribution in [0.2, 0.25) is 0 Å². The molecule has 0 saturated carbocycles. The number of benzene rings is 1. The number of hydrogen-bond donors (Lipinski definition) is 2. The third kappa shape index (κ3) is 3.43. The van der Waals surface area contributed by atoms with E-state index in [1.165, 1.54) is 24.5 Å². The first-order valence-electron chi connectivity index (χ1n) is 6.79. The quantitative estimate of drug-likeness (QED) is 0.791. The second-order valence-corrected chi connectivity index (χ2v) is 7.53. The van der Waals surface area contributed by atoms with Crippen molar-refractivity contribution in [1.82, 2.24) is 4.31 Å². The highest BCUT2D eigenvalue weighted by Crippen LogP contribution is 2.29. The third-order valence-electron chi connectivity index (χ3n) is 3.41. The summed E-state index contributed by atoms with van der Waals surface area (Å²) in [5.74, 6) is 0.438. The molecule has 0 bridgehead atoms. The fraction of sp³-hybridized carbons (Fsp3) is 0.571. The lowest BCUT2D eigenvalue weighted by atomic mass is 10.0. The number of para-hydroxylation sites is 1. The summed E-state index contributed by atoms with van der Waals surface area (Å²) in [6, 6.07) is 5.32. The minimum atomic E-state index is -3.52. The van der Waals surface area contributed by atoms with E-state index in [1.54, 1.807) is 6.07 Å². The zero-order valence-corrected chi connectivity index (χ0v) is 13.7. The number of sulfonamides is 1. The van der Waals surface area contributed by atoms with Crippen molar-refractivity contribution in [1.29, 1.82) is 0 Å². The molecule has 1 atom stereocenters. The van der Waals surface area contributed by atoms with Crippen LogP contribution in [-0.2, 0) is 10.0 Å². The zero-order chi connectivity index (χ0) is 15.5. The molecule has 0 aliphatic rings. The maximum Gasteiger partial charge on any atom is 0.244 e. The lowest BCUT2D eigenvalue weighted by Gasteiger charge is -2.24. The molecule has 1 aromatic carbocycles. The van der Waals surface area contributed by atoms with E-state index in [2.05, 4.69) is 26.1 Å². The smallest absolute Gasteiger partial charge is 0.244 e. The van der Waals surface area contributed by atoms with Gasteiger partial charge in [-0.05, 0) is 24.5 Å². The van der Waals surface area contributed by atoms with E-state index in [9.17, 15) is 8.42 Å². The van der Waals surface area contributed by atoms with Gasteiger partial charge in [-0.2, -0.15) is 0 Å². The van der Waals surface area contributed by atoms with E-state index < -0.39 is 10.0 Å². The molecule has 0 saturated heterocycles. The van der Waals surface area contributed by atoms with Crippen LogP contribution in [0.5, 0.6) is 0 Å². The van der Waals surface area contributed by atoms with E-state index in [-0.39, 0.29) is 16.6 Å². The van der Waals surface area contributed by atoms with Gasteiger partial charge in [0.05, 0.1) is 11.4 Å². The van der Waals surface area contributed by atoms with Crippen molar-refractivity contribution in [3.05, 3.63) is 18.2 Å². The van der Waals surface area contributed by atoms with Gasteiger partial charge in [0.2, 0.25) is 10.0 Å². The molecular weight excluding hydrogens is 274 g/mol. The molecule has 1 unspecified atom stereocenters. The Morgan fingerprint density at radius 3 is 2.35 bits per heavy atom. The Morgan fingerprint density at radius 1 is 1.30 bits per heavy atom. The van der Waals surface area contributed by atoms with E-state index in [0.717, 1.165) is 6.42 Å². The Hall–Kier alpha value is -1.27. The van der Waals surface area contributed by atoms with Gasteiger partial charge in [-0.1, -0.05) is 26.8 Å². The number of hydrogen-bond acceptors (Lipinski definition) is 4. The van der Waals surface area contributed by atoms with Crippen LogP contribution in [0.3, 0.4) is 0 Å². The lowest BCUT2D eigenvalue weighted by molar-refractivity contribution is 0.511. The standard InChI is InChI=1S/C14H25N3O2S/c1-6-11(10(2)3)16-12-8-7-9-13(14(12)15)20(18,19)17(4)5/h7-11,16H,6,15H2,1-5H3. The van der Waals surface area contributed by atoms with E-state index in [4.69, 9.17) is 5.73 Å². The molecule has 114 valence electrons. The zero-order valence-electron chi connectivity index (χ0n) is 12.8. The topological polar surface area (TPSA) is 75.4 Å². The Kier molecular flexibility index (Phi) is 5.42. The summed E-state index contributed by atoms with van der Waals surface area (Å²) in [4.78, 5) is 0.145. The average molecular weight is 299 g/mol. The van der Waals surface area contributed by atoms with Gasteiger partial charge in [0.1, 0.15) is 4.90 Å². The molecule has 6 heteroatoms. The average Bonchev–Trinajstić information content (AvgIpc) is 2.36. The van der Waals surface area contributed by atoms with Gasteiger partial charge in [-0.15, -0.1) is 0 Å². The molecule has 1 rings (SSSR count). The van der Waals surface area contributed by atoms with Gasteiger partial charge in [0.25, 0.3) is 0 Å². The molecule has 0 aliphatic heterocycles. The Morgan fingerprint density at radius 2 is 1.90 bits per heavy atom. The maximum absolute atomic E-state index is 12.2. The van der Waals surface area contributed by atoms with Crippen LogP contribution >= 0.6 is 0 Å². The number of rotatable bonds is 6.